The second kappa shape index (κ2) is 8.98. The van der Waals surface area contributed by atoms with Crippen LogP contribution in [0.1, 0.15) is 16.1 Å². The summed E-state index contributed by atoms with van der Waals surface area (Å²) in [6.07, 6.45) is 0. The van der Waals surface area contributed by atoms with Crippen LogP contribution in [0.3, 0.4) is 0 Å². The summed E-state index contributed by atoms with van der Waals surface area (Å²) >= 11 is 0. The van der Waals surface area contributed by atoms with Gasteiger partial charge in [-0.15, -0.1) is 0 Å². The molecule has 0 aliphatic rings. The number of pyridine rings is 1. The molecule has 1 amide bonds. The minimum atomic E-state index is -0.273. The lowest BCUT2D eigenvalue weighted by molar-refractivity contribution is 0.102. The number of carbonyl (C=O) groups excluding carboxylic acids is 1. The van der Waals surface area contributed by atoms with Crippen LogP contribution >= 0.6 is 0 Å². The van der Waals surface area contributed by atoms with Gasteiger partial charge in [-0.05, 0) is 59.0 Å². The number of para-hydroxylation sites is 2. The smallest absolute Gasteiger partial charge is 0.305 e. The lowest BCUT2D eigenvalue weighted by Crippen LogP contribution is -2.14. The fourth-order valence-corrected chi connectivity index (χ4v) is 3.41. The average molecular weight is 456 g/mol. The number of carbonyl (C=O) groups is 1. The van der Waals surface area contributed by atoms with Crippen LogP contribution in [0, 0.1) is 0 Å². The van der Waals surface area contributed by atoms with Crippen molar-refractivity contribution in [3.05, 3.63) is 78.0 Å². The van der Waals surface area contributed by atoms with Gasteiger partial charge in [0, 0.05) is 12.6 Å². The lowest BCUT2D eigenvalue weighted by atomic mass is 10.2. The summed E-state index contributed by atoms with van der Waals surface area (Å²) in [5.74, 6) is 1.28. The Hall–Kier alpha value is -4.80. The Morgan fingerprint density at radius 2 is 1.82 bits per heavy atom. The van der Waals surface area contributed by atoms with Crippen LogP contribution in [0.15, 0.2) is 66.7 Å². The molecule has 0 bridgehead atoms. The first-order chi connectivity index (χ1) is 16.6. The number of methoxy groups -OCH3 is 1. The molecule has 0 saturated heterocycles. The average Bonchev–Trinajstić information content (AvgIpc) is 3.45. The number of benzene rings is 2. The van der Waals surface area contributed by atoms with Crippen molar-refractivity contribution >= 4 is 22.8 Å². The lowest BCUT2D eigenvalue weighted by Gasteiger charge is -2.10. The summed E-state index contributed by atoms with van der Waals surface area (Å²) in [7, 11) is 3.32. The van der Waals surface area contributed by atoms with E-state index in [0.717, 1.165) is 11.0 Å². The quantitative estimate of drug-likeness (QED) is 0.397. The minimum Gasteiger partial charge on any atom is -0.497 e. The van der Waals surface area contributed by atoms with E-state index in [9.17, 15) is 4.79 Å². The van der Waals surface area contributed by atoms with Crippen LogP contribution in [0.4, 0.5) is 5.82 Å². The van der Waals surface area contributed by atoms with E-state index in [0.29, 0.717) is 34.8 Å². The number of aryl methyl sites for hydroxylation is 1. The van der Waals surface area contributed by atoms with Crippen molar-refractivity contribution in [1.82, 2.24) is 34.7 Å². The number of ether oxygens (including phenoxy) is 2. The molecule has 0 saturated carbocycles. The molecule has 34 heavy (non-hydrogen) atoms. The van der Waals surface area contributed by atoms with Crippen molar-refractivity contribution in [2.75, 3.05) is 12.4 Å². The number of rotatable bonds is 7. The molecule has 0 aliphatic carbocycles. The van der Waals surface area contributed by atoms with Crippen molar-refractivity contribution < 1.29 is 14.3 Å². The maximum Gasteiger partial charge on any atom is 0.305 e. The molecule has 0 fully saturated rings. The van der Waals surface area contributed by atoms with Gasteiger partial charge < -0.3 is 14.8 Å². The molecule has 0 atom stereocenters. The highest BCUT2D eigenvalue weighted by Crippen LogP contribution is 2.25. The van der Waals surface area contributed by atoms with Crippen molar-refractivity contribution in [2.24, 2.45) is 7.05 Å². The van der Waals surface area contributed by atoms with Gasteiger partial charge in [0.15, 0.2) is 0 Å². The highest BCUT2D eigenvalue weighted by molar-refractivity contribution is 6.03. The number of aromatic nitrogens is 7. The van der Waals surface area contributed by atoms with Crippen LogP contribution in [0.5, 0.6) is 11.8 Å². The molecule has 5 aromatic rings. The molecule has 1 N–H and O–H groups in total. The van der Waals surface area contributed by atoms with E-state index in [1.807, 2.05) is 24.3 Å². The number of imidazole rings is 1. The van der Waals surface area contributed by atoms with E-state index in [1.165, 1.54) is 4.68 Å². The Kier molecular flexibility index (Phi) is 5.56. The zero-order valence-corrected chi connectivity index (χ0v) is 18.4. The third-order valence-electron chi connectivity index (χ3n) is 5.08. The largest absolute Gasteiger partial charge is 0.497 e. The summed E-state index contributed by atoms with van der Waals surface area (Å²) in [4.78, 5) is 21.6. The third kappa shape index (κ3) is 4.13. The molecule has 170 valence electrons. The maximum absolute atomic E-state index is 12.6. The monoisotopic (exact) mass is 456 g/mol. The first-order valence-corrected chi connectivity index (χ1v) is 10.4. The molecule has 0 unspecified atom stereocenters. The van der Waals surface area contributed by atoms with Gasteiger partial charge in [-0.25, -0.2) is 14.2 Å². The second-order valence-electron chi connectivity index (χ2n) is 7.31. The van der Waals surface area contributed by atoms with Crippen LogP contribution in [-0.2, 0) is 13.7 Å². The zero-order chi connectivity index (χ0) is 23.5. The SMILES string of the molecule is COc1ccc(C(=O)Nc2cccc(COc3nc4ccccc4n3-c3nnnn3C)n2)cc1. The second-order valence-corrected chi connectivity index (χ2v) is 7.31. The number of fused-ring (bicyclic) bond motifs is 1. The minimum absolute atomic E-state index is 0.126. The number of anilines is 1. The zero-order valence-electron chi connectivity index (χ0n) is 18.4. The molecule has 11 heteroatoms. The fraction of sp³-hybridized carbons (Fsp3) is 0.130. The molecule has 0 radical (unpaired) electrons. The van der Waals surface area contributed by atoms with E-state index >= 15 is 0 Å². The summed E-state index contributed by atoms with van der Waals surface area (Å²) in [6.45, 7) is 0.126. The number of nitrogens with zero attached hydrogens (tertiary/aromatic N) is 7. The fourth-order valence-electron chi connectivity index (χ4n) is 3.41. The van der Waals surface area contributed by atoms with Gasteiger partial charge in [0.2, 0.25) is 0 Å². The highest BCUT2D eigenvalue weighted by Gasteiger charge is 2.18. The molecule has 5 rings (SSSR count). The number of amides is 1. The number of nitrogens with one attached hydrogen (secondary N) is 1. The Labute approximate surface area is 194 Å². The number of hydrogen-bond acceptors (Lipinski definition) is 8. The van der Waals surface area contributed by atoms with Crippen molar-refractivity contribution in [3.63, 3.8) is 0 Å². The maximum atomic E-state index is 12.6. The molecular weight excluding hydrogens is 436 g/mol. The van der Waals surface area contributed by atoms with Crippen LogP contribution in [0.2, 0.25) is 0 Å². The number of hydrogen-bond donors (Lipinski definition) is 1. The predicted molar refractivity (Wildman–Crippen MR) is 123 cm³/mol. The van der Waals surface area contributed by atoms with Crippen LogP contribution < -0.4 is 14.8 Å². The Balaban J connectivity index is 1.35. The van der Waals surface area contributed by atoms with E-state index in [2.05, 4.69) is 30.8 Å². The first-order valence-electron chi connectivity index (χ1n) is 10.4. The summed E-state index contributed by atoms with van der Waals surface area (Å²) in [5.41, 5.74) is 2.66. The van der Waals surface area contributed by atoms with Crippen molar-refractivity contribution in [2.45, 2.75) is 6.61 Å². The molecule has 2 aromatic carbocycles. The first kappa shape index (κ1) is 21.1. The predicted octanol–water partition coefficient (Wildman–Crippen LogP) is 2.78. The van der Waals surface area contributed by atoms with E-state index < -0.39 is 0 Å². The topological polar surface area (TPSA) is 122 Å². The van der Waals surface area contributed by atoms with E-state index in [-0.39, 0.29) is 12.5 Å². The van der Waals surface area contributed by atoms with Gasteiger partial charge in [-0.3, -0.25) is 4.79 Å². The van der Waals surface area contributed by atoms with Gasteiger partial charge in [0.05, 0.1) is 23.8 Å². The summed E-state index contributed by atoms with van der Waals surface area (Å²) in [5, 5.41) is 14.5. The van der Waals surface area contributed by atoms with Gasteiger partial charge in [-0.1, -0.05) is 23.3 Å². The van der Waals surface area contributed by atoms with Crippen LogP contribution in [-0.4, -0.2) is 47.8 Å². The molecular formula is C23H20N8O3. The molecule has 0 aliphatic heterocycles. The van der Waals surface area contributed by atoms with Gasteiger partial charge in [-0.2, -0.15) is 4.98 Å². The van der Waals surface area contributed by atoms with E-state index in [4.69, 9.17) is 9.47 Å². The molecule has 3 heterocycles. The van der Waals surface area contributed by atoms with Crippen LogP contribution in [0.25, 0.3) is 17.0 Å². The van der Waals surface area contributed by atoms with Gasteiger partial charge in [0.25, 0.3) is 11.9 Å². The van der Waals surface area contributed by atoms with Crippen molar-refractivity contribution in [1.29, 1.82) is 0 Å². The highest BCUT2D eigenvalue weighted by atomic mass is 16.5. The normalized spacial score (nSPS) is 10.9. The Morgan fingerprint density at radius 1 is 1.00 bits per heavy atom. The molecule has 11 nitrogen and oxygen atoms in total. The Bertz CT molecular complexity index is 1460. The number of tetrazole rings is 1. The Morgan fingerprint density at radius 3 is 2.59 bits per heavy atom. The summed E-state index contributed by atoms with van der Waals surface area (Å²) < 4.78 is 14.4. The van der Waals surface area contributed by atoms with E-state index in [1.54, 1.807) is 61.2 Å². The van der Waals surface area contributed by atoms with Gasteiger partial charge in [0.1, 0.15) is 18.2 Å². The third-order valence-corrected chi connectivity index (χ3v) is 5.08. The molecule has 0 spiro atoms. The van der Waals surface area contributed by atoms with Crippen molar-refractivity contribution in [3.8, 4) is 17.7 Å². The standard InChI is InChI=1S/C23H20N8O3/c1-30-22(27-28-29-30)31-19-8-4-3-7-18(19)25-23(31)34-14-16-6-5-9-20(24-16)26-21(32)15-10-12-17(33-2)13-11-15/h3-13H,14H2,1-2H3,(H,24,26,32). The van der Waals surface area contributed by atoms with Gasteiger partial charge >= 0.3 is 6.01 Å². The summed E-state index contributed by atoms with van der Waals surface area (Å²) in [6, 6.07) is 20.1. The molecule has 3 aromatic heterocycles.